The molecule has 0 spiro atoms. The Labute approximate surface area is 263 Å². The summed E-state index contributed by atoms with van der Waals surface area (Å²) < 4.78 is 2.22. The monoisotopic (exact) mass is 656 g/mol. The number of fused-ring (bicyclic) bond motifs is 2. The average Bonchev–Trinajstić information content (AvgIpc) is 3.39. The maximum absolute atomic E-state index is 14.1. The fourth-order valence-corrected chi connectivity index (χ4v) is 7.06. The largest absolute Gasteiger partial charge is 0.325 e. The van der Waals surface area contributed by atoms with Gasteiger partial charge in [0.2, 0.25) is 11.8 Å². The summed E-state index contributed by atoms with van der Waals surface area (Å²) >= 11 is 3.39. The number of pyridine rings is 1. The zero-order valence-electron chi connectivity index (χ0n) is 24.9. The van der Waals surface area contributed by atoms with Gasteiger partial charge in [-0.15, -0.1) is 0 Å². The number of carbonyl (C=O) groups excluding carboxylic acids is 3. The molecule has 3 aliphatic rings. The molecule has 2 amide bonds. The van der Waals surface area contributed by atoms with Gasteiger partial charge in [0.15, 0.2) is 5.78 Å². The summed E-state index contributed by atoms with van der Waals surface area (Å²) in [5.74, 6) is 0.541. The van der Waals surface area contributed by atoms with Gasteiger partial charge in [0, 0.05) is 48.3 Å². The molecule has 1 N–H and O–H groups in total. The van der Waals surface area contributed by atoms with Crippen molar-refractivity contribution in [2.24, 2.45) is 5.41 Å². The number of piperidine rings is 1. The van der Waals surface area contributed by atoms with Crippen molar-refractivity contribution in [2.45, 2.75) is 58.7 Å². The SMILES string of the molecule is CC(=O)c1nn(CC(=O)N2C3CC3(CN3CCC3)C[C@H]2C(=O)Nc2nc(Br)ccc2C)c2ccc(-c3cnc(C)nc3)cc12. The molecule has 2 saturated heterocycles. The van der Waals surface area contributed by atoms with Crippen LogP contribution in [0.2, 0.25) is 0 Å². The number of ketones is 1. The molecule has 1 saturated carbocycles. The van der Waals surface area contributed by atoms with Gasteiger partial charge < -0.3 is 15.1 Å². The average molecular weight is 658 g/mol. The minimum absolute atomic E-state index is 0.00911. The van der Waals surface area contributed by atoms with Crippen LogP contribution in [0.3, 0.4) is 0 Å². The maximum atomic E-state index is 14.1. The number of aryl methyl sites for hydroxylation is 2. The molecule has 226 valence electrons. The molecule has 11 nitrogen and oxygen atoms in total. The third-order valence-corrected chi connectivity index (χ3v) is 9.73. The highest BCUT2D eigenvalue weighted by Crippen LogP contribution is 2.60. The first-order chi connectivity index (χ1) is 21.1. The number of carbonyl (C=O) groups is 3. The lowest BCUT2D eigenvalue weighted by Gasteiger charge is -2.33. The number of hydrogen-bond donors (Lipinski definition) is 1. The van der Waals surface area contributed by atoms with E-state index >= 15 is 0 Å². The van der Waals surface area contributed by atoms with Crippen molar-refractivity contribution >= 4 is 50.2 Å². The van der Waals surface area contributed by atoms with Crippen LogP contribution in [0.5, 0.6) is 0 Å². The van der Waals surface area contributed by atoms with Crippen LogP contribution in [0.25, 0.3) is 22.0 Å². The van der Waals surface area contributed by atoms with E-state index in [4.69, 9.17) is 0 Å². The first-order valence-electron chi connectivity index (χ1n) is 14.9. The van der Waals surface area contributed by atoms with Crippen LogP contribution in [0.15, 0.2) is 47.3 Å². The topological polar surface area (TPSA) is 126 Å². The Bertz CT molecular complexity index is 1820. The van der Waals surface area contributed by atoms with Gasteiger partial charge in [-0.3, -0.25) is 19.1 Å². The molecule has 3 fully saturated rings. The normalized spacial score (nSPS) is 22.5. The fourth-order valence-electron chi connectivity index (χ4n) is 6.75. The van der Waals surface area contributed by atoms with Gasteiger partial charge in [-0.05, 0) is 91.5 Å². The van der Waals surface area contributed by atoms with E-state index in [0.717, 1.165) is 42.7 Å². The maximum Gasteiger partial charge on any atom is 0.248 e. The number of rotatable bonds is 8. The van der Waals surface area contributed by atoms with Gasteiger partial charge in [0.05, 0.1) is 5.52 Å². The highest BCUT2D eigenvalue weighted by molar-refractivity contribution is 9.10. The Balaban J connectivity index is 1.19. The summed E-state index contributed by atoms with van der Waals surface area (Å²) in [5, 5.41) is 8.25. The number of aromatic nitrogens is 5. The minimum Gasteiger partial charge on any atom is -0.325 e. The lowest BCUT2D eigenvalue weighted by molar-refractivity contribution is -0.138. The Morgan fingerprint density at radius 1 is 1.05 bits per heavy atom. The van der Waals surface area contributed by atoms with Gasteiger partial charge in [0.25, 0.3) is 0 Å². The molecule has 1 aromatic carbocycles. The van der Waals surface area contributed by atoms with Crippen molar-refractivity contribution in [1.82, 2.24) is 34.5 Å². The molecule has 0 bridgehead atoms. The molecule has 0 radical (unpaired) electrons. The van der Waals surface area contributed by atoms with Gasteiger partial charge in [-0.2, -0.15) is 5.10 Å². The molecule has 12 heteroatoms. The van der Waals surface area contributed by atoms with Crippen molar-refractivity contribution in [3.63, 3.8) is 0 Å². The van der Waals surface area contributed by atoms with Crippen LogP contribution in [-0.2, 0) is 16.1 Å². The Kier molecular flexibility index (Phi) is 7.08. The van der Waals surface area contributed by atoms with Gasteiger partial charge in [-0.25, -0.2) is 15.0 Å². The summed E-state index contributed by atoms with van der Waals surface area (Å²) in [6.07, 6.45) is 6.17. The van der Waals surface area contributed by atoms with Crippen LogP contribution in [-0.4, -0.2) is 83.8 Å². The summed E-state index contributed by atoms with van der Waals surface area (Å²) in [6, 6.07) is 8.77. The molecule has 5 heterocycles. The standard InChI is InChI=1S/C32H33BrN8O3/c1-18-5-8-27(33)36-30(18)37-31(44)25-12-32(17-39-9-4-10-39)13-26(32)41(25)28(43)16-40-24-7-6-21(22-14-34-20(3)35-15-22)11-23(24)29(38-40)19(2)42/h5-8,11,14-15,25-26H,4,9-10,12-13,16-17H2,1-3H3,(H,36,37,44)/t25-,26?,32?/m0/s1. The Morgan fingerprint density at radius 3 is 2.52 bits per heavy atom. The smallest absolute Gasteiger partial charge is 0.248 e. The molecule has 1 aliphatic carbocycles. The van der Waals surface area contributed by atoms with Gasteiger partial charge >= 0.3 is 0 Å². The predicted octanol–water partition coefficient (Wildman–Crippen LogP) is 4.17. The second-order valence-electron chi connectivity index (χ2n) is 12.3. The van der Waals surface area contributed by atoms with Crippen molar-refractivity contribution in [2.75, 3.05) is 25.0 Å². The number of halogens is 1. The van der Waals surface area contributed by atoms with Crippen molar-refractivity contribution in [3.05, 3.63) is 64.4 Å². The number of likely N-dealkylation sites (tertiary alicyclic amines) is 2. The predicted molar refractivity (Wildman–Crippen MR) is 168 cm³/mol. The molecule has 4 aromatic rings. The molecule has 2 unspecified atom stereocenters. The number of anilines is 1. The first kappa shape index (κ1) is 28.7. The number of nitrogens with one attached hydrogen (secondary N) is 1. The summed E-state index contributed by atoms with van der Waals surface area (Å²) in [5.41, 5.74) is 3.41. The molecule has 2 aliphatic heterocycles. The Hall–Kier alpha value is -4.03. The first-order valence-corrected chi connectivity index (χ1v) is 15.7. The molecule has 44 heavy (non-hydrogen) atoms. The minimum atomic E-state index is -0.620. The van der Waals surface area contributed by atoms with Crippen LogP contribution in [0.1, 0.15) is 48.1 Å². The summed E-state index contributed by atoms with van der Waals surface area (Å²) in [6.45, 7) is 8.13. The Morgan fingerprint density at radius 2 is 1.82 bits per heavy atom. The van der Waals surface area contributed by atoms with E-state index in [2.05, 4.69) is 46.2 Å². The fraction of sp³-hybridized carbons (Fsp3) is 0.406. The van der Waals surface area contributed by atoms with Crippen molar-refractivity contribution in [1.29, 1.82) is 0 Å². The van der Waals surface area contributed by atoms with E-state index < -0.39 is 6.04 Å². The molecule has 3 atom stereocenters. The number of amides is 2. The van der Waals surface area contributed by atoms with E-state index in [1.807, 2.05) is 44.2 Å². The lowest BCUT2D eigenvalue weighted by Crippen LogP contribution is -2.47. The highest BCUT2D eigenvalue weighted by Gasteiger charge is 2.67. The van der Waals surface area contributed by atoms with E-state index in [1.165, 1.54) is 13.3 Å². The van der Waals surface area contributed by atoms with Crippen LogP contribution in [0, 0.1) is 19.3 Å². The van der Waals surface area contributed by atoms with Crippen molar-refractivity contribution in [3.8, 4) is 11.1 Å². The third-order valence-electron chi connectivity index (χ3n) is 9.28. The molecular formula is C32H33BrN8O3. The number of nitrogens with zero attached hydrogens (tertiary/aromatic N) is 7. The zero-order valence-corrected chi connectivity index (χ0v) is 26.5. The lowest BCUT2D eigenvalue weighted by atomic mass is 9.97. The van der Waals surface area contributed by atoms with Crippen molar-refractivity contribution < 1.29 is 14.4 Å². The number of benzene rings is 1. The second kappa shape index (κ2) is 10.8. The molecule has 7 rings (SSSR count). The van der Waals surface area contributed by atoms with Crippen LogP contribution >= 0.6 is 15.9 Å². The third kappa shape index (κ3) is 5.09. The van der Waals surface area contributed by atoms with Crippen LogP contribution in [0.4, 0.5) is 5.82 Å². The summed E-state index contributed by atoms with van der Waals surface area (Å²) in [4.78, 5) is 57.8. The van der Waals surface area contributed by atoms with Gasteiger partial charge in [0.1, 0.15) is 34.5 Å². The second-order valence-corrected chi connectivity index (χ2v) is 13.1. The summed E-state index contributed by atoms with van der Waals surface area (Å²) in [7, 11) is 0. The zero-order chi connectivity index (χ0) is 30.7. The van der Waals surface area contributed by atoms with E-state index in [-0.39, 0.29) is 35.6 Å². The van der Waals surface area contributed by atoms with Crippen LogP contribution < -0.4 is 5.32 Å². The van der Waals surface area contributed by atoms with E-state index in [1.54, 1.807) is 22.0 Å². The van der Waals surface area contributed by atoms with E-state index in [9.17, 15) is 14.4 Å². The van der Waals surface area contributed by atoms with E-state index in [0.29, 0.717) is 39.3 Å². The molecular weight excluding hydrogens is 624 g/mol. The number of hydrogen-bond acceptors (Lipinski definition) is 8. The molecule has 3 aromatic heterocycles. The van der Waals surface area contributed by atoms with Gasteiger partial charge in [-0.1, -0.05) is 12.1 Å². The highest BCUT2D eigenvalue weighted by atomic mass is 79.9. The quantitative estimate of drug-likeness (QED) is 0.221. The number of Topliss-reactive ketones (excluding diaryl/α,β-unsaturated/α-hetero) is 1.